The number of ether oxygens (including phenoxy) is 6. The second-order valence-electron chi connectivity index (χ2n) is 10.2. The van der Waals surface area contributed by atoms with Crippen molar-refractivity contribution in [1.29, 1.82) is 0 Å². The molecule has 1 aromatic carbocycles. The first-order valence-electron chi connectivity index (χ1n) is 13.2. The third kappa shape index (κ3) is 7.06. The van der Waals surface area contributed by atoms with Gasteiger partial charge in [-0.3, -0.25) is 10.1 Å². The highest BCUT2D eigenvalue weighted by atomic mass is 16.8. The smallest absolute Gasteiger partial charge is 0.269 e. The molecule has 0 spiro atoms. The van der Waals surface area contributed by atoms with E-state index in [4.69, 9.17) is 28.4 Å². The van der Waals surface area contributed by atoms with Crippen molar-refractivity contribution < 1.29 is 84.4 Å². The van der Waals surface area contributed by atoms with Crippen LogP contribution in [-0.4, -0.2) is 168 Å². The van der Waals surface area contributed by atoms with Gasteiger partial charge in [-0.15, -0.1) is 0 Å². The molecule has 1 aromatic rings. The maximum atomic E-state index is 11.1. The Labute approximate surface area is 242 Å². The van der Waals surface area contributed by atoms with Crippen molar-refractivity contribution in [1.82, 2.24) is 0 Å². The average Bonchev–Trinajstić information content (AvgIpc) is 3.00. The highest BCUT2D eigenvalue weighted by molar-refractivity contribution is 5.36. The van der Waals surface area contributed by atoms with Crippen molar-refractivity contribution in [3.63, 3.8) is 0 Å². The number of nitrogens with zero attached hydrogens (tertiary/aromatic N) is 1. The summed E-state index contributed by atoms with van der Waals surface area (Å²) in [5.74, 6) is -0.0438. The average molecular weight is 626 g/mol. The van der Waals surface area contributed by atoms with Crippen LogP contribution >= 0.6 is 0 Å². The summed E-state index contributed by atoms with van der Waals surface area (Å²) in [6, 6.07) is 4.59. The minimum Gasteiger partial charge on any atom is -0.462 e. The summed E-state index contributed by atoms with van der Waals surface area (Å²) < 4.78 is 33.8. The molecule has 0 aromatic heterocycles. The Kier molecular flexibility index (Phi) is 11.2. The maximum absolute atomic E-state index is 11.1. The zero-order chi connectivity index (χ0) is 31.6. The van der Waals surface area contributed by atoms with Crippen molar-refractivity contribution in [2.24, 2.45) is 0 Å². The monoisotopic (exact) mass is 625 g/mol. The molecule has 15 atom stereocenters. The molecule has 4 rings (SSSR count). The van der Waals surface area contributed by atoms with Crippen LogP contribution in [0, 0.1) is 10.1 Å². The van der Waals surface area contributed by atoms with E-state index in [9.17, 15) is 61.2 Å². The van der Waals surface area contributed by atoms with Crippen LogP contribution in [0.25, 0.3) is 0 Å². The van der Waals surface area contributed by atoms with E-state index in [1.807, 2.05) is 0 Å². The number of benzene rings is 1. The topological polar surface area (TPSA) is 301 Å². The molecule has 0 aliphatic carbocycles. The standard InChI is InChI=1S/C24H35NO18/c26-5-10-13(29)16(32)18(34)22(39-10)42-20-15(31)12(7-28)41-24(38-9-3-1-8(2-4-9)25(36)37)21(20)43-23-19(35)17(33)14(30)11(6-27)40-23/h1-4,10-24,26-35H,5-7H2. The first-order valence-corrected chi connectivity index (χ1v) is 13.2. The number of hydrogen-bond donors (Lipinski definition) is 10. The van der Waals surface area contributed by atoms with Crippen molar-refractivity contribution >= 4 is 5.69 Å². The lowest BCUT2D eigenvalue weighted by atomic mass is 9.96. The lowest BCUT2D eigenvalue weighted by molar-refractivity contribution is -0.385. The second-order valence-corrected chi connectivity index (χ2v) is 10.2. The van der Waals surface area contributed by atoms with Gasteiger partial charge in [0.05, 0.1) is 24.7 Å². The molecule has 0 radical (unpaired) electrons. The molecule has 0 saturated carbocycles. The van der Waals surface area contributed by atoms with Gasteiger partial charge in [-0.1, -0.05) is 0 Å². The molecule has 244 valence electrons. The summed E-state index contributed by atoms with van der Waals surface area (Å²) in [6.07, 6.45) is -26.1. The van der Waals surface area contributed by atoms with Crippen molar-refractivity contribution in [3.8, 4) is 5.75 Å². The predicted molar refractivity (Wildman–Crippen MR) is 133 cm³/mol. The third-order valence-corrected chi connectivity index (χ3v) is 7.38. The number of aliphatic hydroxyl groups excluding tert-OH is 10. The Hall–Kier alpha value is -2.18. The maximum Gasteiger partial charge on any atom is 0.269 e. The number of hydrogen-bond acceptors (Lipinski definition) is 18. The first-order chi connectivity index (χ1) is 20.4. The Morgan fingerprint density at radius 3 is 1.47 bits per heavy atom. The molecule has 15 unspecified atom stereocenters. The lowest BCUT2D eigenvalue weighted by Gasteiger charge is -2.48. The number of aliphatic hydroxyl groups is 10. The summed E-state index contributed by atoms with van der Waals surface area (Å²) in [6.45, 7) is -2.45. The predicted octanol–water partition coefficient (Wildman–Crippen LogP) is -5.58. The van der Waals surface area contributed by atoms with Gasteiger partial charge in [0, 0.05) is 12.1 Å². The normalized spacial score (nSPS) is 43.7. The summed E-state index contributed by atoms with van der Waals surface area (Å²) in [5, 5.41) is 113. The van der Waals surface area contributed by atoms with E-state index in [1.165, 1.54) is 12.1 Å². The number of nitro benzene ring substituents is 1. The summed E-state index contributed by atoms with van der Waals surface area (Å²) >= 11 is 0. The zero-order valence-corrected chi connectivity index (χ0v) is 22.3. The summed E-state index contributed by atoms with van der Waals surface area (Å²) in [7, 11) is 0. The van der Waals surface area contributed by atoms with Gasteiger partial charge < -0.3 is 79.5 Å². The molecule has 3 fully saturated rings. The van der Waals surface area contributed by atoms with E-state index < -0.39 is 117 Å². The highest BCUT2D eigenvalue weighted by Gasteiger charge is 2.55. The number of nitro groups is 1. The van der Waals surface area contributed by atoms with E-state index in [0.717, 1.165) is 12.1 Å². The van der Waals surface area contributed by atoms with E-state index >= 15 is 0 Å². The largest absolute Gasteiger partial charge is 0.462 e. The molecular formula is C24H35NO18. The molecule has 3 heterocycles. The van der Waals surface area contributed by atoms with Crippen LogP contribution < -0.4 is 4.74 Å². The van der Waals surface area contributed by atoms with Crippen LogP contribution in [0.2, 0.25) is 0 Å². The fourth-order valence-electron chi connectivity index (χ4n) is 4.89. The van der Waals surface area contributed by atoms with Gasteiger partial charge in [0.2, 0.25) is 6.29 Å². The molecule has 3 aliphatic rings. The van der Waals surface area contributed by atoms with Crippen LogP contribution in [0.15, 0.2) is 24.3 Å². The minimum atomic E-state index is -1.95. The van der Waals surface area contributed by atoms with Gasteiger partial charge in [0.1, 0.15) is 72.9 Å². The van der Waals surface area contributed by atoms with Gasteiger partial charge in [0.25, 0.3) is 5.69 Å². The molecule has 10 N–H and O–H groups in total. The van der Waals surface area contributed by atoms with Crippen LogP contribution in [0.4, 0.5) is 5.69 Å². The van der Waals surface area contributed by atoms with Crippen molar-refractivity contribution in [3.05, 3.63) is 34.4 Å². The number of non-ortho nitro benzene ring substituents is 1. The summed E-state index contributed by atoms with van der Waals surface area (Å²) in [5.41, 5.74) is -0.279. The zero-order valence-electron chi connectivity index (χ0n) is 22.3. The molecule has 43 heavy (non-hydrogen) atoms. The summed E-state index contributed by atoms with van der Waals surface area (Å²) in [4.78, 5) is 10.4. The minimum absolute atomic E-state index is 0.0438. The molecule has 19 heteroatoms. The van der Waals surface area contributed by atoms with Crippen molar-refractivity contribution in [2.75, 3.05) is 19.8 Å². The fourth-order valence-corrected chi connectivity index (χ4v) is 4.89. The molecule has 3 aliphatic heterocycles. The van der Waals surface area contributed by atoms with Crippen LogP contribution in [0.1, 0.15) is 0 Å². The van der Waals surface area contributed by atoms with Crippen LogP contribution in [0.5, 0.6) is 5.75 Å². The van der Waals surface area contributed by atoms with Crippen LogP contribution in [0.3, 0.4) is 0 Å². The number of rotatable bonds is 10. The second kappa shape index (κ2) is 14.3. The van der Waals surface area contributed by atoms with Gasteiger partial charge >= 0.3 is 0 Å². The first kappa shape index (κ1) is 33.7. The van der Waals surface area contributed by atoms with Crippen LogP contribution in [-0.2, 0) is 23.7 Å². The van der Waals surface area contributed by atoms with Crippen molar-refractivity contribution in [2.45, 2.75) is 92.1 Å². The lowest BCUT2D eigenvalue weighted by Crippen LogP contribution is -2.67. The molecule has 0 amide bonds. The quantitative estimate of drug-likeness (QED) is 0.0856. The third-order valence-electron chi connectivity index (χ3n) is 7.38. The van der Waals surface area contributed by atoms with E-state index in [2.05, 4.69) is 0 Å². The van der Waals surface area contributed by atoms with E-state index in [-0.39, 0.29) is 11.4 Å². The Morgan fingerprint density at radius 2 is 1.02 bits per heavy atom. The van der Waals surface area contributed by atoms with Gasteiger partial charge in [-0.2, -0.15) is 0 Å². The Balaban J connectivity index is 1.68. The van der Waals surface area contributed by atoms with E-state index in [0.29, 0.717) is 0 Å². The molecule has 19 nitrogen and oxygen atoms in total. The van der Waals surface area contributed by atoms with Gasteiger partial charge in [0.15, 0.2) is 18.7 Å². The van der Waals surface area contributed by atoms with Gasteiger partial charge in [-0.25, -0.2) is 0 Å². The van der Waals surface area contributed by atoms with Gasteiger partial charge in [-0.05, 0) is 12.1 Å². The molecule has 3 saturated heterocycles. The Morgan fingerprint density at radius 1 is 0.605 bits per heavy atom. The Bertz CT molecular complexity index is 1050. The SMILES string of the molecule is O=[N+]([O-])c1ccc(OC2OC(CO)C(O)C(OC3OC(CO)C(O)C(O)C3O)C2OC2OC(CO)C(O)C(O)C2O)cc1. The highest BCUT2D eigenvalue weighted by Crippen LogP contribution is 2.34. The fraction of sp³-hybridized carbons (Fsp3) is 0.750. The van der Waals surface area contributed by atoms with E-state index in [1.54, 1.807) is 0 Å². The molecule has 0 bridgehead atoms. The molecular weight excluding hydrogens is 590 g/mol.